The molecule has 0 bridgehead atoms. The van der Waals surface area contributed by atoms with Crippen LogP contribution in [-0.2, 0) is 6.42 Å². The van der Waals surface area contributed by atoms with E-state index >= 15 is 0 Å². The molecule has 1 aromatic heterocycles. The van der Waals surface area contributed by atoms with Crippen LogP contribution in [0.25, 0.3) is 10.9 Å². The molecule has 14 heavy (non-hydrogen) atoms. The van der Waals surface area contributed by atoms with E-state index in [0.29, 0.717) is 0 Å². The van der Waals surface area contributed by atoms with Gasteiger partial charge in [0.25, 0.3) is 0 Å². The van der Waals surface area contributed by atoms with Crippen molar-refractivity contribution in [2.45, 2.75) is 33.6 Å². The summed E-state index contributed by atoms with van der Waals surface area (Å²) in [6.07, 6.45) is 4.52. The summed E-state index contributed by atoms with van der Waals surface area (Å²) >= 11 is 0. The summed E-state index contributed by atoms with van der Waals surface area (Å²) in [6.45, 7) is 6.56. The van der Waals surface area contributed by atoms with Gasteiger partial charge in [0.1, 0.15) is 0 Å². The average molecular weight is 187 g/mol. The Bertz CT molecular complexity index is 451. The average Bonchev–Trinajstić information content (AvgIpc) is 2.51. The molecular formula is C13H17N. The number of hydrogen-bond donors (Lipinski definition) is 1. The van der Waals surface area contributed by atoms with Gasteiger partial charge in [-0.05, 0) is 49.1 Å². The van der Waals surface area contributed by atoms with Crippen LogP contribution in [0.2, 0.25) is 0 Å². The molecule has 1 heteroatoms. The van der Waals surface area contributed by atoms with Crippen LogP contribution in [0, 0.1) is 13.8 Å². The molecular weight excluding hydrogens is 170 g/mol. The standard InChI is InChI=1S/C13H17N/c1-4-5-11-8-14-13-7-10(3)9(2)6-12(11)13/h6-8,14H,4-5H2,1-3H3. The zero-order valence-corrected chi connectivity index (χ0v) is 9.15. The van der Waals surface area contributed by atoms with Crippen LogP contribution < -0.4 is 0 Å². The van der Waals surface area contributed by atoms with Gasteiger partial charge in [0.15, 0.2) is 0 Å². The lowest BCUT2D eigenvalue weighted by atomic mass is 10.0. The number of nitrogens with one attached hydrogen (secondary N) is 1. The van der Waals surface area contributed by atoms with E-state index < -0.39 is 0 Å². The first kappa shape index (κ1) is 9.32. The summed E-state index contributed by atoms with van der Waals surface area (Å²) in [4.78, 5) is 3.34. The number of aryl methyl sites for hydroxylation is 3. The Morgan fingerprint density at radius 2 is 1.86 bits per heavy atom. The lowest BCUT2D eigenvalue weighted by Crippen LogP contribution is -1.83. The predicted octanol–water partition coefficient (Wildman–Crippen LogP) is 3.74. The smallest absolute Gasteiger partial charge is 0.0459 e. The monoisotopic (exact) mass is 187 g/mol. The number of rotatable bonds is 2. The van der Waals surface area contributed by atoms with Crippen molar-refractivity contribution < 1.29 is 0 Å². The molecule has 0 spiro atoms. The first-order valence-electron chi connectivity index (χ1n) is 5.29. The molecule has 0 saturated carbocycles. The van der Waals surface area contributed by atoms with E-state index in [4.69, 9.17) is 0 Å². The van der Waals surface area contributed by atoms with Gasteiger partial charge in [0.05, 0.1) is 0 Å². The van der Waals surface area contributed by atoms with Crippen LogP contribution in [0.15, 0.2) is 18.3 Å². The van der Waals surface area contributed by atoms with Crippen LogP contribution in [0.5, 0.6) is 0 Å². The maximum absolute atomic E-state index is 3.34. The molecule has 0 aliphatic heterocycles. The maximum atomic E-state index is 3.34. The zero-order valence-electron chi connectivity index (χ0n) is 9.15. The molecule has 0 atom stereocenters. The van der Waals surface area contributed by atoms with E-state index in [9.17, 15) is 0 Å². The summed E-state index contributed by atoms with van der Waals surface area (Å²) in [5.74, 6) is 0. The minimum atomic E-state index is 1.17. The van der Waals surface area contributed by atoms with Gasteiger partial charge in [0.2, 0.25) is 0 Å². The molecule has 2 rings (SSSR count). The Morgan fingerprint density at radius 3 is 2.57 bits per heavy atom. The van der Waals surface area contributed by atoms with Gasteiger partial charge >= 0.3 is 0 Å². The minimum absolute atomic E-state index is 1.17. The van der Waals surface area contributed by atoms with Gasteiger partial charge in [-0.2, -0.15) is 0 Å². The van der Waals surface area contributed by atoms with Gasteiger partial charge < -0.3 is 4.98 Å². The topological polar surface area (TPSA) is 15.8 Å². The molecule has 74 valence electrons. The third-order valence-electron chi connectivity index (χ3n) is 2.90. The van der Waals surface area contributed by atoms with Crippen molar-refractivity contribution in [2.24, 2.45) is 0 Å². The second kappa shape index (κ2) is 3.49. The lowest BCUT2D eigenvalue weighted by Gasteiger charge is -2.01. The molecule has 1 nitrogen and oxygen atoms in total. The SMILES string of the molecule is CCCc1c[nH]c2cc(C)c(C)cc12. The minimum Gasteiger partial charge on any atom is -0.361 e. The van der Waals surface area contributed by atoms with Crippen molar-refractivity contribution in [3.05, 3.63) is 35.0 Å². The molecule has 1 aromatic carbocycles. The van der Waals surface area contributed by atoms with Crippen LogP contribution in [-0.4, -0.2) is 4.98 Å². The number of hydrogen-bond acceptors (Lipinski definition) is 0. The fraction of sp³-hybridized carbons (Fsp3) is 0.385. The molecule has 0 unspecified atom stereocenters. The third kappa shape index (κ3) is 1.43. The number of benzene rings is 1. The molecule has 0 aliphatic carbocycles. The molecule has 2 aromatic rings. The van der Waals surface area contributed by atoms with Crippen LogP contribution in [0.3, 0.4) is 0 Å². The zero-order chi connectivity index (χ0) is 10.1. The van der Waals surface area contributed by atoms with E-state index in [1.807, 2.05) is 0 Å². The molecule has 0 radical (unpaired) electrons. The van der Waals surface area contributed by atoms with Crippen molar-refractivity contribution in [3.8, 4) is 0 Å². The normalized spacial score (nSPS) is 11.1. The van der Waals surface area contributed by atoms with Crippen molar-refractivity contribution in [2.75, 3.05) is 0 Å². The van der Waals surface area contributed by atoms with Gasteiger partial charge in [-0.1, -0.05) is 13.3 Å². The highest BCUT2D eigenvalue weighted by Gasteiger charge is 2.04. The summed E-state index contributed by atoms with van der Waals surface area (Å²) in [6, 6.07) is 4.54. The number of aromatic nitrogens is 1. The summed E-state index contributed by atoms with van der Waals surface area (Å²) in [5, 5.41) is 1.40. The van der Waals surface area contributed by atoms with Crippen LogP contribution in [0.1, 0.15) is 30.0 Å². The first-order chi connectivity index (χ1) is 6.72. The first-order valence-corrected chi connectivity index (χ1v) is 5.29. The Labute approximate surface area is 85.1 Å². The second-order valence-electron chi connectivity index (χ2n) is 4.05. The van der Waals surface area contributed by atoms with Crippen molar-refractivity contribution in [1.82, 2.24) is 4.98 Å². The van der Waals surface area contributed by atoms with E-state index in [0.717, 1.165) is 0 Å². The van der Waals surface area contributed by atoms with Crippen molar-refractivity contribution >= 4 is 10.9 Å². The van der Waals surface area contributed by atoms with Crippen molar-refractivity contribution in [3.63, 3.8) is 0 Å². The number of fused-ring (bicyclic) bond motifs is 1. The summed E-state index contributed by atoms with van der Waals surface area (Å²) < 4.78 is 0. The van der Waals surface area contributed by atoms with Crippen LogP contribution >= 0.6 is 0 Å². The largest absolute Gasteiger partial charge is 0.361 e. The lowest BCUT2D eigenvalue weighted by molar-refractivity contribution is 0.929. The fourth-order valence-corrected chi connectivity index (χ4v) is 1.92. The molecule has 0 saturated heterocycles. The quantitative estimate of drug-likeness (QED) is 0.737. The predicted molar refractivity (Wildman–Crippen MR) is 61.8 cm³/mol. The summed E-state index contributed by atoms with van der Waals surface area (Å²) in [5.41, 5.74) is 5.47. The van der Waals surface area contributed by atoms with Gasteiger partial charge in [-0.25, -0.2) is 0 Å². The highest BCUT2D eigenvalue weighted by atomic mass is 14.7. The highest BCUT2D eigenvalue weighted by molar-refractivity contribution is 5.84. The molecule has 0 fully saturated rings. The second-order valence-corrected chi connectivity index (χ2v) is 4.05. The van der Waals surface area contributed by atoms with E-state index in [1.165, 1.54) is 40.4 Å². The van der Waals surface area contributed by atoms with Gasteiger partial charge in [0, 0.05) is 17.1 Å². The van der Waals surface area contributed by atoms with Gasteiger partial charge in [-0.15, -0.1) is 0 Å². The molecule has 1 N–H and O–H groups in total. The Kier molecular flexibility index (Phi) is 2.32. The Hall–Kier alpha value is -1.24. The summed E-state index contributed by atoms with van der Waals surface area (Å²) in [7, 11) is 0. The van der Waals surface area contributed by atoms with Crippen molar-refractivity contribution in [1.29, 1.82) is 0 Å². The van der Waals surface area contributed by atoms with E-state index in [1.54, 1.807) is 0 Å². The number of aromatic amines is 1. The molecule has 0 aliphatic rings. The van der Waals surface area contributed by atoms with Gasteiger partial charge in [-0.3, -0.25) is 0 Å². The highest BCUT2D eigenvalue weighted by Crippen LogP contribution is 2.23. The molecule has 0 amide bonds. The number of H-pyrrole nitrogens is 1. The Balaban J connectivity index is 2.61. The third-order valence-corrected chi connectivity index (χ3v) is 2.90. The fourth-order valence-electron chi connectivity index (χ4n) is 1.92. The van der Waals surface area contributed by atoms with E-state index in [-0.39, 0.29) is 0 Å². The Morgan fingerprint density at radius 1 is 1.14 bits per heavy atom. The van der Waals surface area contributed by atoms with E-state index in [2.05, 4.69) is 44.1 Å². The van der Waals surface area contributed by atoms with Crippen LogP contribution in [0.4, 0.5) is 0 Å². The molecule has 1 heterocycles. The maximum Gasteiger partial charge on any atom is 0.0459 e.